The lowest BCUT2D eigenvalue weighted by atomic mass is 9.98. The van der Waals surface area contributed by atoms with Gasteiger partial charge in [-0.3, -0.25) is 14.9 Å². The van der Waals surface area contributed by atoms with Crippen molar-refractivity contribution in [3.8, 4) is 10.4 Å². The first kappa shape index (κ1) is 12.3. The molecule has 1 aromatic carbocycles. The maximum Gasteiger partial charge on any atom is 0.272 e. The first-order valence-corrected chi connectivity index (χ1v) is 6.02. The molecule has 0 aliphatic carbocycles. The zero-order chi connectivity index (χ0) is 13.3. The fourth-order valence-electron chi connectivity index (χ4n) is 1.84. The Hall–Kier alpha value is -2.21. The van der Waals surface area contributed by atoms with Gasteiger partial charge in [-0.05, 0) is 24.4 Å². The number of hydrogen-bond donors (Lipinski definition) is 1. The van der Waals surface area contributed by atoms with Crippen molar-refractivity contribution in [1.82, 2.24) is 0 Å². The van der Waals surface area contributed by atoms with Crippen LogP contribution in [0.15, 0.2) is 29.6 Å². The molecule has 0 saturated carbocycles. The molecule has 0 spiro atoms. The van der Waals surface area contributed by atoms with Crippen LogP contribution in [0.5, 0.6) is 0 Å². The lowest BCUT2D eigenvalue weighted by Crippen LogP contribution is -2.13. The van der Waals surface area contributed by atoms with Crippen LogP contribution < -0.4 is 5.73 Å². The van der Waals surface area contributed by atoms with Crippen molar-refractivity contribution < 1.29 is 9.72 Å². The summed E-state index contributed by atoms with van der Waals surface area (Å²) in [6.07, 6.45) is 0. The Balaban J connectivity index is 2.77. The largest absolute Gasteiger partial charge is 0.366 e. The van der Waals surface area contributed by atoms with E-state index in [0.717, 1.165) is 4.88 Å². The van der Waals surface area contributed by atoms with Gasteiger partial charge in [-0.25, -0.2) is 0 Å². The van der Waals surface area contributed by atoms with Gasteiger partial charge in [0, 0.05) is 27.6 Å². The fourth-order valence-corrected chi connectivity index (χ4v) is 2.68. The van der Waals surface area contributed by atoms with Gasteiger partial charge in [0.05, 0.1) is 4.92 Å². The molecule has 0 atom stereocenters. The molecule has 0 radical (unpaired) electrons. The second-order valence-corrected chi connectivity index (χ2v) is 4.68. The Kier molecular flexibility index (Phi) is 3.12. The monoisotopic (exact) mass is 262 g/mol. The van der Waals surface area contributed by atoms with Crippen LogP contribution in [0, 0.1) is 17.0 Å². The molecule has 18 heavy (non-hydrogen) atoms. The number of nitrogens with two attached hydrogens (primary N) is 1. The number of benzene rings is 1. The molecule has 0 bridgehead atoms. The van der Waals surface area contributed by atoms with E-state index in [2.05, 4.69) is 0 Å². The summed E-state index contributed by atoms with van der Waals surface area (Å²) in [6, 6.07) is 6.35. The van der Waals surface area contributed by atoms with E-state index in [9.17, 15) is 14.9 Å². The van der Waals surface area contributed by atoms with Gasteiger partial charge in [0.1, 0.15) is 0 Å². The molecule has 6 heteroatoms. The molecule has 1 amide bonds. The van der Waals surface area contributed by atoms with Crippen molar-refractivity contribution in [2.24, 2.45) is 5.73 Å². The van der Waals surface area contributed by atoms with Crippen LogP contribution in [-0.4, -0.2) is 10.8 Å². The average molecular weight is 262 g/mol. The standard InChI is InChI=1S/C12H10N2O3S/c1-7-9(14(16)17)5-4-8(12(13)15)11(7)10-3-2-6-18-10/h2-6H,1H3,(H2,13,15). The first-order valence-electron chi connectivity index (χ1n) is 5.14. The van der Waals surface area contributed by atoms with Crippen LogP contribution in [0.3, 0.4) is 0 Å². The highest BCUT2D eigenvalue weighted by molar-refractivity contribution is 7.13. The number of amides is 1. The van der Waals surface area contributed by atoms with Crippen molar-refractivity contribution in [3.05, 3.63) is 50.9 Å². The minimum atomic E-state index is -0.587. The highest BCUT2D eigenvalue weighted by Crippen LogP contribution is 2.35. The summed E-state index contributed by atoms with van der Waals surface area (Å²) in [7, 11) is 0. The smallest absolute Gasteiger partial charge is 0.272 e. The zero-order valence-corrected chi connectivity index (χ0v) is 10.4. The second-order valence-electron chi connectivity index (χ2n) is 3.73. The van der Waals surface area contributed by atoms with Crippen molar-refractivity contribution in [2.75, 3.05) is 0 Å². The molecule has 0 fully saturated rings. The molecule has 0 saturated heterocycles. The van der Waals surface area contributed by atoms with Gasteiger partial charge in [0.2, 0.25) is 5.91 Å². The summed E-state index contributed by atoms with van der Waals surface area (Å²) in [4.78, 5) is 22.7. The minimum Gasteiger partial charge on any atom is -0.366 e. The Morgan fingerprint density at radius 2 is 2.11 bits per heavy atom. The van der Waals surface area contributed by atoms with E-state index in [1.807, 2.05) is 17.5 Å². The maximum atomic E-state index is 11.4. The van der Waals surface area contributed by atoms with Gasteiger partial charge in [-0.1, -0.05) is 6.07 Å². The quantitative estimate of drug-likeness (QED) is 0.681. The summed E-state index contributed by atoms with van der Waals surface area (Å²) >= 11 is 1.41. The third-order valence-electron chi connectivity index (χ3n) is 2.67. The van der Waals surface area contributed by atoms with Crippen molar-refractivity contribution in [1.29, 1.82) is 0 Å². The van der Waals surface area contributed by atoms with Crippen molar-refractivity contribution in [3.63, 3.8) is 0 Å². The molecule has 0 aliphatic heterocycles. The molecular formula is C12H10N2O3S. The van der Waals surface area contributed by atoms with Crippen molar-refractivity contribution >= 4 is 22.9 Å². The van der Waals surface area contributed by atoms with Gasteiger partial charge in [-0.15, -0.1) is 11.3 Å². The zero-order valence-electron chi connectivity index (χ0n) is 9.54. The highest BCUT2D eigenvalue weighted by Gasteiger charge is 2.21. The number of primary amides is 1. The Bertz CT molecular complexity index is 621. The average Bonchev–Trinajstić information content (AvgIpc) is 2.80. The lowest BCUT2D eigenvalue weighted by molar-refractivity contribution is -0.385. The molecule has 0 aliphatic rings. The molecule has 1 heterocycles. The van der Waals surface area contributed by atoms with Crippen LogP contribution >= 0.6 is 11.3 Å². The molecule has 0 unspecified atom stereocenters. The summed E-state index contributed by atoms with van der Waals surface area (Å²) in [6.45, 7) is 1.62. The van der Waals surface area contributed by atoms with Gasteiger partial charge in [0.25, 0.3) is 5.69 Å². The predicted molar refractivity (Wildman–Crippen MR) is 69.7 cm³/mol. The summed E-state index contributed by atoms with van der Waals surface area (Å²) in [5, 5.41) is 12.8. The van der Waals surface area contributed by atoms with E-state index in [0.29, 0.717) is 16.7 Å². The van der Waals surface area contributed by atoms with E-state index in [1.54, 1.807) is 6.92 Å². The normalized spacial score (nSPS) is 10.3. The Morgan fingerprint density at radius 1 is 1.39 bits per heavy atom. The molecule has 2 aromatic rings. The number of carbonyl (C=O) groups is 1. The van der Waals surface area contributed by atoms with E-state index >= 15 is 0 Å². The third kappa shape index (κ3) is 1.98. The first-order chi connectivity index (χ1) is 8.52. The lowest BCUT2D eigenvalue weighted by Gasteiger charge is -2.09. The van der Waals surface area contributed by atoms with E-state index in [1.165, 1.54) is 23.5 Å². The van der Waals surface area contributed by atoms with Gasteiger partial charge in [0.15, 0.2) is 0 Å². The summed E-state index contributed by atoms with van der Waals surface area (Å²) in [5.41, 5.74) is 6.61. The minimum absolute atomic E-state index is 0.0107. The molecular weight excluding hydrogens is 252 g/mol. The van der Waals surface area contributed by atoms with Crippen LogP contribution in [0.4, 0.5) is 5.69 Å². The van der Waals surface area contributed by atoms with Gasteiger partial charge >= 0.3 is 0 Å². The molecule has 92 valence electrons. The number of carbonyl (C=O) groups excluding carboxylic acids is 1. The fraction of sp³-hybridized carbons (Fsp3) is 0.0833. The third-order valence-corrected chi connectivity index (χ3v) is 3.55. The number of nitro groups is 1. The highest BCUT2D eigenvalue weighted by atomic mass is 32.1. The maximum absolute atomic E-state index is 11.4. The van der Waals surface area contributed by atoms with Gasteiger partial charge < -0.3 is 5.73 Å². The van der Waals surface area contributed by atoms with E-state index in [4.69, 9.17) is 5.73 Å². The molecule has 1 aromatic heterocycles. The number of nitrogens with zero attached hydrogens (tertiary/aromatic N) is 1. The van der Waals surface area contributed by atoms with Crippen LogP contribution in [-0.2, 0) is 0 Å². The van der Waals surface area contributed by atoms with Crippen LogP contribution in [0.2, 0.25) is 0 Å². The van der Waals surface area contributed by atoms with Gasteiger partial charge in [-0.2, -0.15) is 0 Å². The molecule has 2 rings (SSSR count). The predicted octanol–water partition coefficient (Wildman–Crippen LogP) is 2.73. The Labute approximate surface area is 107 Å². The van der Waals surface area contributed by atoms with Crippen LogP contribution in [0.1, 0.15) is 15.9 Å². The van der Waals surface area contributed by atoms with Crippen LogP contribution in [0.25, 0.3) is 10.4 Å². The topological polar surface area (TPSA) is 86.2 Å². The number of rotatable bonds is 3. The summed E-state index contributed by atoms with van der Waals surface area (Å²) < 4.78 is 0. The van der Waals surface area contributed by atoms with Crippen molar-refractivity contribution in [2.45, 2.75) is 6.92 Å². The second kappa shape index (κ2) is 4.58. The number of nitro benzene ring substituents is 1. The van der Waals surface area contributed by atoms with E-state index < -0.39 is 10.8 Å². The number of hydrogen-bond acceptors (Lipinski definition) is 4. The molecule has 2 N–H and O–H groups in total. The SMILES string of the molecule is Cc1c([N+](=O)[O-])ccc(C(N)=O)c1-c1cccs1. The Morgan fingerprint density at radius 3 is 2.61 bits per heavy atom. The number of thiophene rings is 1. The molecule has 5 nitrogen and oxygen atoms in total. The van der Waals surface area contributed by atoms with E-state index in [-0.39, 0.29) is 5.69 Å². The summed E-state index contributed by atoms with van der Waals surface area (Å²) in [5.74, 6) is -0.587.